The highest BCUT2D eigenvalue weighted by atomic mass is 15.0. The monoisotopic (exact) mass is 203 g/mol. The number of hydrogen-bond donors (Lipinski definition) is 1. The summed E-state index contributed by atoms with van der Waals surface area (Å²) < 4.78 is 4.21. The summed E-state index contributed by atoms with van der Waals surface area (Å²) in [4.78, 5) is 0. The Morgan fingerprint density at radius 3 is 2.60 bits per heavy atom. The fourth-order valence-electron chi connectivity index (χ4n) is 1.68. The normalized spacial score (nSPS) is 10.8. The third-order valence-corrected chi connectivity index (χ3v) is 2.58. The number of hydrogen-bond acceptors (Lipinski definition) is 1. The van der Waals surface area contributed by atoms with E-state index in [1.54, 1.807) is 0 Å². The molecule has 80 valence electrons. The van der Waals surface area contributed by atoms with Crippen LogP contribution in [0.25, 0.3) is 0 Å². The minimum Gasteiger partial charge on any atom is -0.357 e. The Morgan fingerprint density at radius 2 is 2.00 bits per heavy atom. The standard InChI is InChI=1S/C12H17N3/c1-14-7-5-11(10-14)8-13-9-12-4-3-6-15(12)2/h3-7,10,13H,8-9H2,1-2H3. The lowest BCUT2D eigenvalue weighted by Crippen LogP contribution is -2.14. The summed E-state index contributed by atoms with van der Waals surface area (Å²) in [6.45, 7) is 1.84. The molecule has 3 heteroatoms. The predicted octanol–water partition coefficient (Wildman–Crippen LogP) is 1.65. The molecule has 0 aliphatic carbocycles. The lowest BCUT2D eigenvalue weighted by atomic mass is 10.3. The van der Waals surface area contributed by atoms with Crippen LogP contribution in [0.1, 0.15) is 11.3 Å². The van der Waals surface area contributed by atoms with E-state index < -0.39 is 0 Å². The first kappa shape index (κ1) is 10.1. The molecule has 2 aromatic heterocycles. The van der Waals surface area contributed by atoms with Gasteiger partial charge < -0.3 is 14.5 Å². The van der Waals surface area contributed by atoms with Crippen LogP contribution in [0.2, 0.25) is 0 Å². The average molecular weight is 203 g/mol. The van der Waals surface area contributed by atoms with Gasteiger partial charge in [-0.05, 0) is 23.8 Å². The molecule has 15 heavy (non-hydrogen) atoms. The van der Waals surface area contributed by atoms with Crippen LogP contribution in [0.4, 0.5) is 0 Å². The molecule has 0 atom stereocenters. The van der Waals surface area contributed by atoms with Crippen molar-refractivity contribution in [1.29, 1.82) is 0 Å². The van der Waals surface area contributed by atoms with Crippen LogP contribution in [0, 0.1) is 0 Å². The van der Waals surface area contributed by atoms with E-state index in [1.165, 1.54) is 11.3 Å². The fraction of sp³-hybridized carbons (Fsp3) is 0.333. The van der Waals surface area contributed by atoms with Gasteiger partial charge >= 0.3 is 0 Å². The average Bonchev–Trinajstić information content (AvgIpc) is 2.77. The fourth-order valence-corrected chi connectivity index (χ4v) is 1.68. The maximum absolute atomic E-state index is 3.42. The quantitative estimate of drug-likeness (QED) is 0.802. The summed E-state index contributed by atoms with van der Waals surface area (Å²) in [5.41, 5.74) is 2.64. The van der Waals surface area contributed by atoms with E-state index in [9.17, 15) is 0 Å². The van der Waals surface area contributed by atoms with E-state index in [2.05, 4.69) is 58.3 Å². The van der Waals surface area contributed by atoms with Crippen molar-refractivity contribution in [2.45, 2.75) is 13.1 Å². The molecule has 0 aromatic carbocycles. The molecule has 0 aliphatic heterocycles. The van der Waals surface area contributed by atoms with E-state index >= 15 is 0 Å². The van der Waals surface area contributed by atoms with Crippen molar-refractivity contribution in [2.24, 2.45) is 14.1 Å². The van der Waals surface area contributed by atoms with Gasteiger partial charge in [0, 0.05) is 51.5 Å². The number of aromatic nitrogens is 2. The van der Waals surface area contributed by atoms with Gasteiger partial charge in [-0.1, -0.05) is 0 Å². The van der Waals surface area contributed by atoms with Crippen molar-refractivity contribution in [2.75, 3.05) is 0 Å². The molecule has 0 saturated carbocycles. The Balaban J connectivity index is 1.83. The molecule has 2 aromatic rings. The Labute approximate surface area is 90.3 Å². The largest absolute Gasteiger partial charge is 0.357 e. The van der Waals surface area contributed by atoms with Gasteiger partial charge in [0.15, 0.2) is 0 Å². The molecule has 0 unspecified atom stereocenters. The first-order valence-electron chi connectivity index (χ1n) is 5.17. The van der Waals surface area contributed by atoms with Gasteiger partial charge in [0.1, 0.15) is 0 Å². The molecular weight excluding hydrogens is 186 g/mol. The molecule has 0 spiro atoms. The van der Waals surface area contributed by atoms with Crippen LogP contribution in [0.5, 0.6) is 0 Å². The summed E-state index contributed by atoms with van der Waals surface area (Å²) in [6, 6.07) is 6.34. The molecule has 0 aliphatic rings. The second kappa shape index (κ2) is 4.36. The van der Waals surface area contributed by atoms with Gasteiger partial charge in [0.2, 0.25) is 0 Å². The van der Waals surface area contributed by atoms with Crippen LogP contribution in [0.3, 0.4) is 0 Å². The summed E-state index contributed by atoms with van der Waals surface area (Å²) in [7, 11) is 4.11. The van der Waals surface area contributed by atoms with Gasteiger partial charge in [-0.25, -0.2) is 0 Å². The SMILES string of the molecule is Cn1ccc(CNCc2cccn2C)c1. The lowest BCUT2D eigenvalue weighted by molar-refractivity contribution is 0.654. The minimum atomic E-state index is 0.915. The van der Waals surface area contributed by atoms with E-state index in [4.69, 9.17) is 0 Å². The highest BCUT2D eigenvalue weighted by Gasteiger charge is 1.97. The zero-order chi connectivity index (χ0) is 10.7. The van der Waals surface area contributed by atoms with Gasteiger partial charge in [0.05, 0.1) is 0 Å². The molecule has 2 rings (SSSR count). The molecule has 3 nitrogen and oxygen atoms in total. The van der Waals surface area contributed by atoms with Gasteiger partial charge in [-0.3, -0.25) is 0 Å². The minimum absolute atomic E-state index is 0.915. The third-order valence-electron chi connectivity index (χ3n) is 2.58. The molecule has 0 bridgehead atoms. The maximum Gasteiger partial charge on any atom is 0.0362 e. The Hall–Kier alpha value is -1.48. The summed E-state index contributed by atoms with van der Waals surface area (Å²) in [5, 5.41) is 3.42. The zero-order valence-electron chi connectivity index (χ0n) is 9.27. The lowest BCUT2D eigenvalue weighted by Gasteiger charge is -2.04. The maximum atomic E-state index is 3.42. The molecule has 0 saturated heterocycles. The van der Waals surface area contributed by atoms with Crippen molar-refractivity contribution < 1.29 is 0 Å². The molecule has 0 fully saturated rings. The van der Waals surface area contributed by atoms with Crippen molar-refractivity contribution in [3.05, 3.63) is 48.0 Å². The molecule has 0 amide bonds. The molecule has 1 N–H and O–H groups in total. The van der Waals surface area contributed by atoms with E-state index in [1.807, 2.05) is 7.05 Å². The van der Waals surface area contributed by atoms with Crippen LogP contribution in [-0.4, -0.2) is 9.13 Å². The summed E-state index contributed by atoms with van der Waals surface area (Å²) in [6.07, 6.45) is 6.27. The summed E-state index contributed by atoms with van der Waals surface area (Å²) in [5.74, 6) is 0. The van der Waals surface area contributed by atoms with E-state index in [0.717, 1.165) is 13.1 Å². The topological polar surface area (TPSA) is 21.9 Å². The van der Waals surface area contributed by atoms with Crippen molar-refractivity contribution >= 4 is 0 Å². The summed E-state index contributed by atoms with van der Waals surface area (Å²) >= 11 is 0. The second-order valence-electron chi connectivity index (χ2n) is 3.90. The molecule has 2 heterocycles. The first-order valence-corrected chi connectivity index (χ1v) is 5.17. The highest BCUT2D eigenvalue weighted by Crippen LogP contribution is 2.01. The van der Waals surface area contributed by atoms with E-state index in [-0.39, 0.29) is 0 Å². The smallest absolute Gasteiger partial charge is 0.0362 e. The number of nitrogens with one attached hydrogen (secondary N) is 1. The second-order valence-corrected chi connectivity index (χ2v) is 3.90. The van der Waals surface area contributed by atoms with Crippen LogP contribution in [0.15, 0.2) is 36.8 Å². The van der Waals surface area contributed by atoms with Crippen molar-refractivity contribution in [3.8, 4) is 0 Å². The van der Waals surface area contributed by atoms with Gasteiger partial charge in [-0.15, -0.1) is 0 Å². The highest BCUT2D eigenvalue weighted by molar-refractivity contribution is 5.10. The number of rotatable bonds is 4. The number of nitrogens with zero attached hydrogens (tertiary/aromatic N) is 2. The van der Waals surface area contributed by atoms with Gasteiger partial charge in [-0.2, -0.15) is 0 Å². The predicted molar refractivity (Wildman–Crippen MR) is 61.4 cm³/mol. The van der Waals surface area contributed by atoms with Crippen molar-refractivity contribution in [3.63, 3.8) is 0 Å². The van der Waals surface area contributed by atoms with Crippen LogP contribution >= 0.6 is 0 Å². The van der Waals surface area contributed by atoms with Crippen LogP contribution in [-0.2, 0) is 27.2 Å². The Bertz CT molecular complexity index is 426. The molecule has 0 radical (unpaired) electrons. The third kappa shape index (κ3) is 2.50. The molecular formula is C12H17N3. The Kier molecular flexibility index (Phi) is 2.92. The zero-order valence-corrected chi connectivity index (χ0v) is 9.27. The van der Waals surface area contributed by atoms with Crippen molar-refractivity contribution in [1.82, 2.24) is 14.5 Å². The number of aryl methyl sites for hydroxylation is 2. The Morgan fingerprint density at radius 1 is 1.13 bits per heavy atom. The first-order chi connectivity index (χ1) is 7.25. The van der Waals surface area contributed by atoms with Crippen LogP contribution < -0.4 is 5.32 Å². The van der Waals surface area contributed by atoms with E-state index in [0.29, 0.717) is 0 Å². The van der Waals surface area contributed by atoms with Gasteiger partial charge in [0.25, 0.3) is 0 Å².